The molecule has 0 heterocycles. The van der Waals surface area contributed by atoms with Crippen molar-refractivity contribution in [1.82, 2.24) is 0 Å². The monoisotopic (exact) mass is 562 g/mol. The van der Waals surface area contributed by atoms with E-state index in [0.29, 0.717) is 8.45 Å². The molecule has 0 bridgehead atoms. The molecule has 0 N–H and O–H groups in total. The zero-order chi connectivity index (χ0) is 23.4. The topological polar surface area (TPSA) is 0 Å². The van der Waals surface area contributed by atoms with Gasteiger partial charge in [0, 0.05) is 0 Å². The van der Waals surface area contributed by atoms with Crippen molar-refractivity contribution in [2.45, 2.75) is 18.9 Å². The summed E-state index contributed by atoms with van der Waals surface area (Å²) in [7, 11) is 2.39. The summed E-state index contributed by atoms with van der Waals surface area (Å²) in [6.45, 7) is 0. The van der Waals surface area contributed by atoms with Gasteiger partial charge in [-0.3, -0.25) is 0 Å². The molecular formula is C32H32Cl2SiTi. The summed E-state index contributed by atoms with van der Waals surface area (Å²) in [6, 6.07) is 40.4. The molecule has 0 fully saturated rings. The normalized spacial score (nSPS) is 18.2. The second-order valence-corrected chi connectivity index (χ2v) is 31.2. The summed E-state index contributed by atoms with van der Waals surface area (Å²) in [5.41, 5.74) is 11.6. The molecule has 0 amide bonds. The van der Waals surface area contributed by atoms with Crippen LogP contribution in [0, 0.1) is 0 Å². The summed E-state index contributed by atoms with van der Waals surface area (Å²) in [6.07, 6.45) is 4.96. The third-order valence-electron chi connectivity index (χ3n) is 7.97. The van der Waals surface area contributed by atoms with Crippen LogP contribution in [0.15, 0.2) is 109 Å². The van der Waals surface area contributed by atoms with E-state index in [2.05, 4.69) is 139 Å². The van der Waals surface area contributed by atoms with Gasteiger partial charge in [-0.25, -0.2) is 0 Å². The molecule has 0 aliphatic heterocycles. The van der Waals surface area contributed by atoms with Crippen molar-refractivity contribution < 1.29 is 14.0 Å². The van der Waals surface area contributed by atoms with Gasteiger partial charge in [0.15, 0.2) is 0 Å². The van der Waals surface area contributed by atoms with Crippen molar-refractivity contribution in [2.24, 2.45) is 0 Å². The Balaban J connectivity index is 0.00000152. The minimum absolute atomic E-state index is 0. The Labute approximate surface area is 229 Å². The van der Waals surface area contributed by atoms with Crippen LogP contribution in [0.25, 0.3) is 23.3 Å². The molecule has 0 spiro atoms. The van der Waals surface area contributed by atoms with Crippen molar-refractivity contribution in [1.29, 1.82) is 0 Å². The van der Waals surface area contributed by atoms with Crippen LogP contribution in [0.3, 0.4) is 0 Å². The Morgan fingerprint density at radius 1 is 0.500 bits per heavy atom. The maximum absolute atomic E-state index is 3.36. The molecule has 182 valence electrons. The van der Waals surface area contributed by atoms with Crippen LogP contribution in [0.4, 0.5) is 0 Å². The van der Waals surface area contributed by atoms with Crippen molar-refractivity contribution in [3.05, 3.63) is 143 Å². The predicted molar refractivity (Wildman–Crippen MR) is 162 cm³/mol. The molecule has 4 heteroatoms. The van der Waals surface area contributed by atoms with Gasteiger partial charge in [-0.15, -0.1) is 24.8 Å². The van der Waals surface area contributed by atoms with Gasteiger partial charge >= 0.3 is 206 Å². The minimum atomic E-state index is -3.36. The van der Waals surface area contributed by atoms with Gasteiger partial charge in [-0.2, -0.15) is 0 Å². The van der Waals surface area contributed by atoms with E-state index in [1.807, 2.05) is 0 Å². The zero-order valence-corrected chi connectivity index (χ0v) is 25.3. The summed E-state index contributed by atoms with van der Waals surface area (Å²) < 4.78 is 0.911. The number of hydrogen-bond donors (Lipinski definition) is 0. The van der Waals surface area contributed by atoms with Crippen LogP contribution in [0.1, 0.15) is 41.8 Å². The van der Waals surface area contributed by atoms with E-state index in [9.17, 15) is 0 Å². The van der Waals surface area contributed by atoms with Gasteiger partial charge in [0.25, 0.3) is 0 Å². The number of halogens is 2. The fourth-order valence-corrected chi connectivity index (χ4v) is 18.7. The maximum atomic E-state index is 2.70. The Kier molecular flexibility index (Phi) is 7.46. The summed E-state index contributed by atoms with van der Waals surface area (Å²) in [5.74, 6) is 0. The third-order valence-corrected chi connectivity index (χ3v) is 19.2. The van der Waals surface area contributed by atoms with E-state index in [0.717, 1.165) is 0 Å². The van der Waals surface area contributed by atoms with E-state index < -0.39 is 14.0 Å². The van der Waals surface area contributed by atoms with Crippen LogP contribution < -0.4 is 0 Å². The Morgan fingerprint density at radius 2 is 0.833 bits per heavy atom. The van der Waals surface area contributed by atoms with Crippen LogP contribution in [0.2, 0.25) is 10.5 Å². The first-order chi connectivity index (χ1) is 16.4. The molecule has 4 aromatic rings. The number of fused-ring (bicyclic) bond motifs is 2. The fraction of sp³-hybridized carbons (Fsp3) is 0.125. The third kappa shape index (κ3) is 4.32. The van der Waals surface area contributed by atoms with Crippen LogP contribution >= 0.6 is 24.8 Å². The van der Waals surface area contributed by atoms with Crippen molar-refractivity contribution in [2.75, 3.05) is 0 Å². The molecule has 2 aliphatic carbocycles. The number of benzene rings is 4. The average molecular weight is 563 g/mol. The second-order valence-electron chi connectivity index (χ2n) is 11.0. The molecule has 36 heavy (non-hydrogen) atoms. The van der Waals surface area contributed by atoms with Gasteiger partial charge in [0.05, 0.1) is 0 Å². The van der Waals surface area contributed by atoms with Crippen LogP contribution in [-0.4, -0.2) is 7.63 Å². The average Bonchev–Trinajstić information content (AvgIpc) is 3.46. The second kappa shape index (κ2) is 9.97. The van der Waals surface area contributed by atoms with Crippen LogP contribution in [0.5, 0.6) is 0 Å². The molecule has 6 rings (SSSR count). The molecule has 2 unspecified atom stereocenters. The Morgan fingerprint density at radius 3 is 1.22 bits per heavy atom. The molecule has 0 nitrogen and oxygen atoms in total. The molecular weight excluding hydrogens is 531 g/mol. The number of rotatable bonds is 4. The molecule has 2 aliphatic rings. The van der Waals surface area contributed by atoms with Gasteiger partial charge in [0.2, 0.25) is 0 Å². The quantitative estimate of drug-likeness (QED) is 0.218. The van der Waals surface area contributed by atoms with E-state index in [1.165, 1.54) is 44.5 Å². The Hall–Kier alpha value is -2.13. The van der Waals surface area contributed by atoms with E-state index >= 15 is 0 Å². The van der Waals surface area contributed by atoms with Gasteiger partial charge in [-0.1, -0.05) is 0 Å². The van der Waals surface area contributed by atoms with E-state index in [1.54, 1.807) is 0 Å². The summed E-state index contributed by atoms with van der Waals surface area (Å²) in [5, 5.41) is 5.39. The SMILES string of the molecule is Cl.Cl.[CH3][Ti]([CH3])(=[SiH2])([CH]1C(c2ccccc2)=Cc2ccccc21)[CH]1C(c2ccccc2)=Cc2ccccc21. The van der Waals surface area contributed by atoms with Crippen LogP contribution in [-0.2, 0) is 14.0 Å². The van der Waals surface area contributed by atoms with Gasteiger partial charge in [0.1, 0.15) is 0 Å². The molecule has 0 radical (unpaired) electrons. The first-order valence-corrected chi connectivity index (χ1v) is 21.2. The Bertz CT molecular complexity index is 1420. The molecule has 0 aromatic heterocycles. The molecule has 0 saturated carbocycles. The standard InChI is InChI=1S/2C15H11.2CH3.2ClH.H2Si.Ti/c2*1-2-6-12(7-3-1)15-10-13-8-4-5-9-14(13)11-15;;;;;;/h2*1-11H;2*1H3;2*1H;1H2;. The summed E-state index contributed by atoms with van der Waals surface area (Å²) >= 11 is -3.36. The van der Waals surface area contributed by atoms with E-state index in [-0.39, 0.29) is 24.8 Å². The van der Waals surface area contributed by atoms with Crippen molar-refractivity contribution in [3.63, 3.8) is 0 Å². The number of hydrogen-bond acceptors (Lipinski definition) is 0. The van der Waals surface area contributed by atoms with Crippen molar-refractivity contribution >= 4 is 55.7 Å². The number of allylic oxidation sites excluding steroid dienone is 2. The first kappa shape index (κ1) is 26.9. The molecule has 4 aromatic carbocycles. The first-order valence-electron chi connectivity index (χ1n) is 12.2. The van der Waals surface area contributed by atoms with E-state index in [4.69, 9.17) is 0 Å². The zero-order valence-electron chi connectivity index (χ0n) is 20.7. The van der Waals surface area contributed by atoms with Gasteiger partial charge in [-0.05, 0) is 0 Å². The predicted octanol–water partition coefficient (Wildman–Crippen LogP) is 8.75. The molecule has 0 saturated heterocycles. The molecule has 2 atom stereocenters. The van der Waals surface area contributed by atoms with Gasteiger partial charge < -0.3 is 0 Å². The van der Waals surface area contributed by atoms with Crippen molar-refractivity contribution in [3.8, 4) is 0 Å². The summed E-state index contributed by atoms with van der Waals surface area (Å²) in [4.78, 5) is 0. The fourth-order valence-electron chi connectivity index (χ4n) is 6.62.